The van der Waals surface area contributed by atoms with Crippen molar-refractivity contribution in [1.29, 1.82) is 0 Å². The molecular weight excluding hydrogens is 203 g/mol. The van der Waals surface area contributed by atoms with Gasteiger partial charge < -0.3 is 10.7 Å². The van der Waals surface area contributed by atoms with Crippen LogP contribution in [-0.4, -0.2) is 11.5 Å². The van der Waals surface area contributed by atoms with Gasteiger partial charge in [-0.3, -0.25) is 0 Å². The van der Waals surface area contributed by atoms with Crippen LogP contribution >= 0.6 is 0 Å². The number of aromatic nitrogens is 1. The van der Waals surface area contributed by atoms with E-state index in [4.69, 9.17) is 5.73 Å². The molecule has 2 nitrogen and oxygen atoms in total. The lowest BCUT2D eigenvalue weighted by molar-refractivity contribution is 0.145. The molecule has 1 aliphatic rings. The largest absolute Gasteiger partial charge is 0.361 e. The average Bonchev–Trinajstić information content (AvgIpc) is 3.06. The highest BCUT2D eigenvalue weighted by molar-refractivity contribution is 5.84. The number of halogens is 1. The molecule has 3 rings (SSSR count). The van der Waals surface area contributed by atoms with Crippen molar-refractivity contribution in [2.24, 2.45) is 11.7 Å². The number of hydrogen-bond donors (Lipinski definition) is 2. The maximum Gasteiger partial charge on any atom is 0.151 e. The highest BCUT2D eigenvalue weighted by Gasteiger charge is 2.46. The zero-order chi connectivity index (χ0) is 11.2. The summed E-state index contributed by atoms with van der Waals surface area (Å²) in [6.07, 6.45) is 3.75. The average molecular weight is 218 g/mol. The van der Waals surface area contributed by atoms with E-state index in [-0.39, 0.29) is 12.5 Å². The molecule has 1 fully saturated rings. The molecule has 0 radical (unpaired) electrons. The summed E-state index contributed by atoms with van der Waals surface area (Å²) < 4.78 is 14.9. The third kappa shape index (κ3) is 1.28. The molecule has 1 unspecified atom stereocenters. The maximum atomic E-state index is 14.9. The third-order valence-electron chi connectivity index (χ3n) is 3.56. The summed E-state index contributed by atoms with van der Waals surface area (Å²) in [5.74, 6) is 0.109. The first kappa shape index (κ1) is 9.85. The Hall–Kier alpha value is -1.35. The van der Waals surface area contributed by atoms with Gasteiger partial charge in [-0.25, -0.2) is 4.39 Å². The van der Waals surface area contributed by atoms with Crippen LogP contribution < -0.4 is 5.73 Å². The van der Waals surface area contributed by atoms with Crippen LogP contribution in [0.5, 0.6) is 0 Å². The lowest BCUT2D eigenvalue weighted by Crippen LogP contribution is -2.32. The molecule has 16 heavy (non-hydrogen) atoms. The van der Waals surface area contributed by atoms with Gasteiger partial charge in [-0.1, -0.05) is 12.1 Å². The van der Waals surface area contributed by atoms with E-state index < -0.39 is 5.67 Å². The van der Waals surface area contributed by atoms with E-state index in [1.165, 1.54) is 0 Å². The molecule has 1 atom stereocenters. The first-order valence-electron chi connectivity index (χ1n) is 5.71. The van der Waals surface area contributed by atoms with Crippen molar-refractivity contribution in [2.45, 2.75) is 18.5 Å². The van der Waals surface area contributed by atoms with E-state index >= 15 is 0 Å². The minimum Gasteiger partial charge on any atom is -0.361 e. The van der Waals surface area contributed by atoms with E-state index in [0.717, 1.165) is 29.3 Å². The molecule has 3 N–H and O–H groups in total. The highest BCUT2D eigenvalue weighted by atomic mass is 19.1. The summed E-state index contributed by atoms with van der Waals surface area (Å²) >= 11 is 0. The molecule has 0 aliphatic heterocycles. The minimum atomic E-state index is -1.35. The Morgan fingerprint density at radius 2 is 2.19 bits per heavy atom. The first-order valence-corrected chi connectivity index (χ1v) is 5.71. The van der Waals surface area contributed by atoms with Crippen LogP contribution in [0.4, 0.5) is 4.39 Å². The van der Waals surface area contributed by atoms with Gasteiger partial charge in [-0.2, -0.15) is 0 Å². The molecule has 1 aromatic carbocycles. The second-order valence-corrected chi connectivity index (χ2v) is 4.59. The second kappa shape index (κ2) is 3.32. The van der Waals surface area contributed by atoms with Crippen LogP contribution in [0, 0.1) is 5.92 Å². The summed E-state index contributed by atoms with van der Waals surface area (Å²) in [6, 6.07) is 7.64. The van der Waals surface area contributed by atoms with E-state index in [9.17, 15) is 4.39 Å². The van der Waals surface area contributed by atoms with Crippen molar-refractivity contribution in [2.75, 3.05) is 6.54 Å². The van der Waals surface area contributed by atoms with Crippen molar-refractivity contribution < 1.29 is 4.39 Å². The lowest BCUT2D eigenvalue weighted by atomic mass is 9.88. The quantitative estimate of drug-likeness (QED) is 0.817. The van der Waals surface area contributed by atoms with E-state index in [1.54, 1.807) is 0 Å². The first-order chi connectivity index (χ1) is 7.75. The smallest absolute Gasteiger partial charge is 0.151 e. The Bertz CT molecular complexity index is 515. The lowest BCUT2D eigenvalue weighted by Gasteiger charge is -2.24. The number of hydrogen-bond acceptors (Lipinski definition) is 1. The fraction of sp³-hybridized carbons (Fsp3) is 0.385. The van der Waals surface area contributed by atoms with E-state index in [1.807, 2.05) is 30.5 Å². The van der Waals surface area contributed by atoms with Crippen molar-refractivity contribution in [3.05, 3.63) is 36.0 Å². The van der Waals surface area contributed by atoms with Gasteiger partial charge in [0.05, 0.1) is 0 Å². The normalized spacial score (nSPS) is 19.9. The minimum absolute atomic E-state index is 0.0714. The summed E-state index contributed by atoms with van der Waals surface area (Å²) in [4.78, 5) is 3.11. The van der Waals surface area contributed by atoms with Crippen molar-refractivity contribution in [3.63, 3.8) is 0 Å². The Morgan fingerprint density at radius 1 is 1.38 bits per heavy atom. The molecule has 84 valence electrons. The predicted molar refractivity (Wildman–Crippen MR) is 62.9 cm³/mol. The zero-order valence-corrected chi connectivity index (χ0v) is 9.04. The number of fused-ring (bicyclic) bond motifs is 1. The van der Waals surface area contributed by atoms with Crippen molar-refractivity contribution >= 4 is 10.9 Å². The van der Waals surface area contributed by atoms with Crippen LogP contribution in [-0.2, 0) is 5.67 Å². The van der Waals surface area contributed by atoms with Gasteiger partial charge in [0.1, 0.15) is 0 Å². The SMILES string of the molecule is NCC(F)(c1cccc2[nH]ccc12)C1CC1. The number of H-pyrrole nitrogens is 1. The summed E-state index contributed by atoms with van der Waals surface area (Å²) in [5, 5.41) is 0.961. The Kier molecular flexibility index (Phi) is 2.04. The van der Waals surface area contributed by atoms with E-state index in [0.29, 0.717) is 0 Å². The van der Waals surface area contributed by atoms with Crippen LogP contribution in [0.25, 0.3) is 10.9 Å². The van der Waals surface area contributed by atoms with Gasteiger partial charge in [0.25, 0.3) is 0 Å². The highest BCUT2D eigenvalue weighted by Crippen LogP contribution is 2.49. The molecule has 0 bridgehead atoms. The number of nitrogens with two attached hydrogens (primary N) is 1. The van der Waals surface area contributed by atoms with Gasteiger partial charge in [-0.15, -0.1) is 0 Å². The predicted octanol–water partition coefficient (Wildman–Crippen LogP) is 2.70. The standard InChI is InChI=1S/C13H15FN2/c14-13(8-15,9-4-5-9)11-2-1-3-12-10(11)6-7-16-12/h1-3,6-7,9,16H,4-5,8,15H2. The molecule has 3 heteroatoms. The van der Waals surface area contributed by atoms with Gasteiger partial charge in [-0.05, 0) is 36.5 Å². The fourth-order valence-corrected chi connectivity index (χ4v) is 2.49. The Morgan fingerprint density at radius 3 is 2.88 bits per heavy atom. The zero-order valence-electron chi connectivity index (χ0n) is 9.04. The van der Waals surface area contributed by atoms with E-state index in [2.05, 4.69) is 4.98 Å². The van der Waals surface area contributed by atoms with Gasteiger partial charge in [0.2, 0.25) is 0 Å². The maximum absolute atomic E-state index is 14.9. The van der Waals surface area contributed by atoms with Gasteiger partial charge >= 0.3 is 0 Å². The van der Waals surface area contributed by atoms with Crippen LogP contribution in [0.3, 0.4) is 0 Å². The van der Waals surface area contributed by atoms with Gasteiger partial charge in [0, 0.05) is 23.6 Å². The number of benzene rings is 1. The molecule has 0 saturated heterocycles. The molecule has 1 aromatic heterocycles. The summed E-state index contributed by atoms with van der Waals surface area (Å²) in [7, 11) is 0. The summed E-state index contributed by atoms with van der Waals surface area (Å²) in [6.45, 7) is 0.0714. The molecule has 0 spiro atoms. The molecule has 1 heterocycles. The van der Waals surface area contributed by atoms with Gasteiger partial charge in [0.15, 0.2) is 5.67 Å². The number of aromatic amines is 1. The van der Waals surface area contributed by atoms with Crippen molar-refractivity contribution in [3.8, 4) is 0 Å². The van der Waals surface area contributed by atoms with Crippen molar-refractivity contribution in [1.82, 2.24) is 4.98 Å². The van der Waals surface area contributed by atoms with Crippen LogP contribution in [0.15, 0.2) is 30.5 Å². The Balaban J connectivity index is 2.19. The third-order valence-corrected chi connectivity index (χ3v) is 3.56. The number of alkyl halides is 1. The Labute approximate surface area is 93.6 Å². The molecular formula is C13H15FN2. The molecule has 1 aliphatic carbocycles. The number of rotatable bonds is 3. The molecule has 0 amide bonds. The monoisotopic (exact) mass is 218 g/mol. The van der Waals surface area contributed by atoms with Crippen LogP contribution in [0.2, 0.25) is 0 Å². The molecule has 2 aromatic rings. The summed E-state index contributed by atoms with van der Waals surface area (Å²) in [5.41, 5.74) is 6.04. The number of nitrogens with one attached hydrogen (secondary N) is 1. The fourth-order valence-electron chi connectivity index (χ4n) is 2.49. The topological polar surface area (TPSA) is 41.8 Å². The molecule has 1 saturated carbocycles. The second-order valence-electron chi connectivity index (χ2n) is 4.59. The van der Waals surface area contributed by atoms with Crippen LogP contribution in [0.1, 0.15) is 18.4 Å².